The number of nitrogens with zero attached hydrogens (tertiary/aromatic N) is 2. The van der Waals surface area contributed by atoms with Crippen LogP contribution in [0.5, 0.6) is 0 Å². The van der Waals surface area contributed by atoms with Gasteiger partial charge in [-0.3, -0.25) is 9.69 Å². The topological polar surface area (TPSA) is 49.0 Å². The van der Waals surface area contributed by atoms with Gasteiger partial charge in [-0.05, 0) is 50.1 Å². The molecule has 2 aliphatic heterocycles. The zero-order valence-corrected chi connectivity index (χ0v) is 13.9. The number of fused-ring (bicyclic) bond motifs is 3. The third-order valence-electron chi connectivity index (χ3n) is 5.15. The van der Waals surface area contributed by atoms with Crippen molar-refractivity contribution in [3.63, 3.8) is 0 Å². The van der Waals surface area contributed by atoms with E-state index in [9.17, 15) is 4.79 Å². The van der Waals surface area contributed by atoms with Crippen LogP contribution in [0.1, 0.15) is 40.4 Å². The molecule has 4 heterocycles. The number of thiophene rings is 1. The van der Waals surface area contributed by atoms with E-state index < -0.39 is 0 Å². The third-order valence-corrected chi connectivity index (χ3v) is 6.16. The summed E-state index contributed by atoms with van der Waals surface area (Å²) < 4.78 is 0. The number of hydrogen-bond acceptors (Lipinski definition) is 4. The Bertz CT molecular complexity index is 764. The van der Waals surface area contributed by atoms with E-state index in [0.29, 0.717) is 12.1 Å². The molecule has 2 aromatic rings. The molecule has 2 aliphatic rings. The smallest absolute Gasteiger partial charge is 0.254 e. The van der Waals surface area contributed by atoms with Crippen LogP contribution in [0.15, 0.2) is 16.2 Å². The average Bonchev–Trinajstić information content (AvgIpc) is 2.97. The van der Waals surface area contributed by atoms with E-state index in [4.69, 9.17) is 0 Å². The Balaban J connectivity index is 1.67. The standard InChI is InChI=1S/C17H21N3OS/c1-10-5-6-22-16(10)9-20-12-3-4-13(20)8-15-14(7-12)17(21)19-11(2)18-15/h5-6,12-13H,3-4,7-9H2,1-2H3,(H,18,19,21)/t12-,13+/m0/s1. The van der Waals surface area contributed by atoms with Crippen molar-refractivity contribution in [2.24, 2.45) is 0 Å². The summed E-state index contributed by atoms with van der Waals surface area (Å²) >= 11 is 1.85. The van der Waals surface area contributed by atoms with Gasteiger partial charge < -0.3 is 4.98 Å². The van der Waals surface area contributed by atoms with Crippen LogP contribution in [-0.4, -0.2) is 27.0 Å². The van der Waals surface area contributed by atoms with Gasteiger partial charge >= 0.3 is 0 Å². The maximum absolute atomic E-state index is 12.3. The Morgan fingerprint density at radius 1 is 1.32 bits per heavy atom. The Morgan fingerprint density at radius 2 is 2.09 bits per heavy atom. The van der Waals surface area contributed by atoms with Crippen molar-refractivity contribution in [3.05, 3.63) is 49.3 Å². The van der Waals surface area contributed by atoms with Crippen molar-refractivity contribution in [2.45, 2.75) is 58.2 Å². The average molecular weight is 315 g/mol. The fourth-order valence-electron chi connectivity index (χ4n) is 3.95. The summed E-state index contributed by atoms with van der Waals surface area (Å²) in [4.78, 5) is 23.9. The van der Waals surface area contributed by atoms with Crippen molar-refractivity contribution < 1.29 is 0 Å². The lowest BCUT2D eigenvalue weighted by molar-refractivity contribution is 0.189. The van der Waals surface area contributed by atoms with Crippen LogP contribution in [0, 0.1) is 13.8 Å². The van der Waals surface area contributed by atoms with Crippen molar-refractivity contribution >= 4 is 11.3 Å². The van der Waals surface area contributed by atoms with Crippen LogP contribution in [0.25, 0.3) is 0 Å². The van der Waals surface area contributed by atoms with Crippen molar-refractivity contribution in [1.29, 1.82) is 0 Å². The first-order chi connectivity index (χ1) is 10.6. The van der Waals surface area contributed by atoms with Gasteiger partial charge in [0.1, 0.15) is 5.82 Å². The number of hydrogen-bond donors (Lipinski definition) is 1. The highest BCUT2D eigenvalue weighted by Crippen LogP contribution is 2.34. The minimum atomic E-state index is 0.0716. The molecule has 1 fully saturated rings. The molecule has 116 valence electrons. The molecule has 2 bridgehead atoms. The van der Waals surface area contributed by atoms with Gasteiger partial charge in [0.15, 0.2) is 0 Å². The van der Waals surface area contributed by atoms with Gasteiger partial charge in [-0.25, -0.2) is 4.98 Å². The molecule has 0 radical (unpaired) electrons. The van der Waals surface area contributed by atoms with Gasteiger partial charge in [0.25, 0.3) is 5.56 Å². The fraction of sp³-hybridized carbons (Fsp3) is 0.529. The molecule has 2 atom stereocenters. The molecule has 1 saturated heterocycles. The Hall–Kier alpha value is -1.46. The lowest BCUT2D eigenvalue weighted by Gasteiger charge is -2.27. The van der Waals surface area contributed by atoms with E-state index in [2.05, 4.69) is 33.2 Å². The van der Waals surface area contributed by atoms with Gasteiger partial charge in [-0.2, -0.15) is 0 Å². The van der Waals surface area contributed by atoms with Crippen LogP contribution in [0.3, 0.4) is 0 Å². The largest absolute Gasteiger partial charge is 0.311 e. The molecule has 0 saturated carbocycles. The summed E-state index contributed by atoms with van der Waals surface area (Å²) in [5, 5.41) is 2.18. The summed E-state index contributed by atoms with van der Waals surface area (Å²) in [6.07, 6.45) is 4.18. The molecular formula is C17H21N3OS. The number of aromatic nitrogens is 2. The van der Waals surface area contributed by atoms with Crippen LogP contribution in [0.2, 0.25) is 0 Å². The van der Waals surface area contributed by atoms with Crippen LogP contribution in [-0.2, 0) is 19.4 Å². The van der Waals surface area contributed by atoms with E-state index >= 15 is 0 Å². The Morgan fingerprint density at radius 3 is 2.82 bits per heavy atom. The summed E-state index contributed by atoms with van der Waals surface area (Å²) in [5.41, 5.74) is 3.41. The maximum Gasteiger partial charge on any atom is 0.254 e. The Kier molecular flexibility index (Phi) is 3.42. The lowest BCUT2D eigenvalue weighted by atomic mass is 9.98. The second-order valence-corrected chi connectivity index (χ2v) is 7.57. The van der Waals surface area contributed by atoms with E-state index in [1.54, 1.807) is 0 Å². The quantitative estimate of drug-likeness (QED) is 0.926. The molecule has 4 nitrogen and oxygen atoms in total. The maximum atomic E-state index is 12.3. The molecule has 2 aromatic heterocycles. The summed E-state index contributed by atoms with van der Waals surface area (Å²) in [6, 6.07) is 3.21. The molecule has 1 N–H and O–H groups in total. The zero-order chi connectivity index (χ0) is 15.3. The highest BCUT2D eigenvalue weighted by molar-refractivity contribution is 7.10. The fourth-order valence-corrected chi connectivity index (χ4v) is 4.86. The van der Waals surface area contributed by atoms with Crippen molar-refractivity contribution in [3.8, 4) is 0 Å². The molecular weight excluding hydrogens is 294 g/mol. The van der Waals surface area contributed by atoms with Gasteiger partial charge in [0.05, 0.1) is 5.69 Å². The van der Waals surface area contributed by atoms with Crippen LogP contribution in [0.4, 0.5) is 0 Å². The van der Waals surface area contributed by atoms with Crippen LogP contribution < -0.4 is 5.56 Å². The minimum absolute atomic E-state index is 0.0716. The number of aryl methyl sites for hydroxylation is 2. The van der Waals surface area contributed by atoms with Crippen LogP contribution >= 0.6 is 11.3 Å². The van der Waals surface area contributed by atoms with Crippen molar-refractivity contribution in [1.82, 2.24) is 14.9 Å². The van der Waals surface area contributed by atoms with Gasteiger partial charge in [-0.1, -0.05) is 0 Å². The monoisotopic (exact) mass is 315 g/mol. The first kappa shape index (κ1) is 14.2. The van der Waals surface area contributed by atoms with E-state index in [0.717, 1.165) is 36.5 Å². The lowest BCUT2D eigenvalue weighted by Crippen LogP contribution is -2.36. The van der Waals surface area contributed by atoms with E-state index in [1.165, 1.54) is 23.3 Å². The van der Waals surface area contributed by atoms with Gasteiger partial charge in [0, 0.05) is 35.5 Å². The highest BCUT2D eigenvalue weighted by atomic mass is 32.1. The minimum Gasteiger partial charge on any atom is -0.311 e. The van der Waals surface area contributed by atoms with E-state index in [1.807, 2.05) is 18.3 Å². The summed E-state index contributed by atoms with van der Waals surface area (Å²) in [7, 11) is 0. The summed E-state index contributed by atoms with van der Waals surface area (Å²) in [5.74, 6) is 0.738. The highest BCUT2D eigenvalue weighted by Gasteiger charge is 2.38. The molecule has 0 aliphatic carbocycles. The van der Waals surface area contributed by atoms with E-state index in [-0.39, 0.29) is 5.56 Å². The zero-order valence-electron chi connectivity index (χ0n) is 13.1. The number of H-pyrrole nitrogens is 1. The van der Waals surface area contributed by atoms with Crippen molar-refractivity contribution in [2.75, 3.05) is 0 Å². The predicted molar refractivity (Wildman–Crippen MR) is 88.4 cm³/mol. The molecule has 22 heavy (non-hydrogen) atoms. The SMILES string of the molecule is Cc1nc2c(c(=O)[nH]1)C[C@@H]1CC[C@H](C2)N1Cc1sccc1C. The molecule has 0 spiro atoms. The molecule has 5 heteroatoms. The molecule has 4 rings (SSSR count). The molecule has 0 unspecified atom stereocenters. The first-order valence-corrected chi connectivity index (χ1v) is 8.87. The number of nitrogens with one attached hydrogen (secondary N) is 1. The normalized spacial score (nSPS) is 24.3. The predicted octanol–water partition coefficient (Wildman–Crippen LogP) is 2.58. The molecule has 0 aromatic carbocycles. The summed E-state index contributed by atoms with van der Waals surface area (Å²) in [6.45, 7) is 5.08. The second-order valence-electron chi connectivity index (χ2n) is 6.57. The van der Waals surface area contributed by atoms with Gasteiger partial charge in [-0.15, -0.1) is 11.3 Å². The number of rotatable bonds is 2. The third kappa shape index (κ3) is 2.32. The Labute approximate surface area is 134 Å². The second kappa shape index (κ2) is 5.32. The number of aromatic amines is 1. The molecule has 0 amide bonds. The first-order valence-electron chi connectivity index (χ1n) is 7.99. The van der Waals surface area contributed by atoms with Gasteiger partial charge in [0.2, 0.25) is 0 Å².